The van der Waals surface area contributed by atoms with Crippen molar-refractivity contribution in [1.29, 1.82) is 0 Å². The summed E-state index contributed by atoms with van der Waals surface area (Å²) in [4.78, 5) is 21.8. The number of nitrogens with one attached hydrogen (secondary N) is 1. The number of rotatable bonds is 5. The van der Waals surface area contributed by atoms with E-state index >= 15 is 0 Å². The zero-order valence-electron chi connectivity index (χ0n) is 21.2. The second-order valence-electron chi connectivity index (χ2n) is 9.90. The summed E-state index contributed by atoms with van der Waals surface area (Å²) in [6, 6.07) is 32.8. The van der Waals surface area contributed by atoms with E-state index in [0.717, 1.165) is 50.1 Å². The van der Waals surface area contributed by atoms with Gasteiger partial charge in [-0.05, 0) is 44.0 Å². The number of aromatic nitrogens is 2. The first-order chi connectivity index (χ1) is 17.9. The molecule has 2 heterocycles. The monoisotopic (exact) mass is 487 g/mol. The van der Waals surface area contributed by atoms with Gasteiger partial charge in [0.15, 0.2) is 0 Å². The fourth-order valence-corrected chi connectivity index (χ4v) is 4.25. The maximum Gasteiger partial charge on any atom is 0.407 e. The molecular formula is C32H29N3O2. The molecule has 0 radical (unpaired) electrons. The molecule has 3 aromatic carbocycles. The van der Waals surface area contributed by atoms with Gasteiger partial charge in [0.05, 0.1) is 16.9 Å². The van der Waals surface area contributed by atoms with Crippen molar-refractivity contribution in [2.75, 3.05) is 0 Å². The van der Waals surface area contributed by atoms with E-state index in [1.165, 1.54) is 0 Å². The van der Waals surface area contributed by atoms with Gasteiger partial charge in [-0.1, -0.05) is 84.9 Å². The highest BCUT2D eigenvalue weighted by atomic mass is 16.6. The number of hydrogen-bond donors (Lipinski definition) is 1. The normalized spacial score (nSPS) is 11.3. The summed E-state index contributed by atoms with van der Waals surface area (Å²) in [5.74, 6) is 0. The van der Waals surface area contributed by atoms with Gasteiger partial charge in [-0.25, -0.2) is 9.78 Å². The van der Waals surface area contributed by atoms with Crippen molar-refractivity contribution in [3.05, 3.63) is 109 Å². The van der Waals surface area contributed by atoms with E-state index in [2.05, 4.69) is 35.6 Å². The maximum absolute atomic E-state index is 12.0. The van der Waals surface area contributed by atoms with Crippen LogP contribution in [-0.2, 0) is 11.3 Å². The smallest absolute Gasteiger partial charge is 0.407 e. The molecule has 184 valence electrons. The number of amides is 1. The second kappa shape index (κ2) is 10.2. The molecule has 1 amide bonds. The fourth-order valence-electron chi connectivity index (χ4n) is 4.25. The van der Waals surface area contributed by atoms with Crippen LogP contribution in [0, 0.1) is 0 Å². The topological polar surface area (TPSA) is 64.1 Å². The minimum atomic E-state index is -0.528. The van der Waals surface area contributed by atoms with Crippen LogP contribution in [0.25, 0.3) is 44.5 Å². The molecule has 0 atom stereocenters. The van der Waals surface area contributed by atoms with E-state index < -0.39 is 11.7 Å². The van der Waals surface area contributed by atoms with E-state index in [9.17, 15) is 4.79 Å². The van der Waals surface area contributed by atoms with Crippen LogP contribution in [0.3, 0.4) is 0 Å². The number of benzene rings is 3. The molecule has 0 aliphatic carbocycles. The summed E-state index contributed by atoms with van der Waals surface area (Å²) in [7, 11) is 0. The van der Waals surface area contributed by atoms with Crippen LogP contribution in [0.5, 0.6) is 0 Å². The lowest BCUT2D eigenvalue weighted by molar-refractivity contribution is 0.0523. The van der Waals surface area contributed by atoms with Crippen LogP contribution in [0.4, 0.5) is 4.79 Å². The summed E-state index contributed by atoms with van der Waals surface area (Å²) in [6.07, 6.45) is 1.39. The average molecular weight is 488 g/mol. The van der Waals surface area contributed by atoms with Gasteiger partial charge in [0.25, 0.3) is 0 Å². The van der Waals surface area contributed by atoms with E-state index in [1.54, 1.807) is 0 Å². The van der Waals surface area contributed by atoms with Gasteiger partial charge in [-0.15, -0.1) is 0 Å². The Bertz CT molecular complexity index is 1520. The lowest BCUT2D eigenvalue weighted by Crippen LogP contribution is -2.32. The molecule has 0 saturated heterocycles. The summed E-state index contributed by atoms with van der Waals surface area (Å²) >= 11 is 0. The summed E-state index contributed by atoms with van der Waals surface area (Å²) < 4.78 is 5.33. The van der Waals surface area contributed by atoms with Crippen molar-refractivity contribution in [2.24, 2.45) is 0 Å². The molecule has 1 N–H and O–H groups in total. The van der Waals surface area contributed by atoms with Gasteiger partial charge < -0.3 is 10.1 Å². The van der Waals surface area contributed by atoms with Crippen molar-refractivity contribution in [3.8, 4) is 33.6 Å². The summed E-state index contributed by atoms with van der Waals surface area (Å²) in [5.41, 5.74) is 7.34. The van der Waals surface area contributed by atoms with Crippen molar-refractivity contribution in [1.82, 2.24) is 15.3 Å². The summed E-state index contributed by atoms with van der Waals surface area (Å²) in [6.45, 7) is 5.93. The average Bonchev–Trinajstić information content (AvgIpc) is 2.91. The third-order valence-electron chi connectivity index (χ3n) is 5.94. The van der Waals surface area contributed by atoms with Gasteiger partial charge >= 0.3 is 6.09 Å². The summed E-state index contributed by atoms with van der Waals surface area (Å²) in [5, 5.41) is 3.82. The minimum absolute atomic E-state index is 0.387. The van der Waals surface area contributed by atoms with Gasteiger partial charge in [0, 0.05) is 34.8 Å². The van der Waals surface area contributed by atoms with Gasteiger partial charge in [0.1, 0.15) is 5.60 Å². The standard InChI is InChI=1S/C32H29N3O2/c1-32(2,3)37-31(36)34-21-22-14-16-25(17-15-22)30-26(23-10-6-4-7-11-23)20-27-28(35-30)18-19-33-29(27)24-12-8-5-9-13-24/h4-20H,21H2,1-3H3,(H,34,36). The van der Waals surface area contributed by atoms with Crippen LogP contribution in [0.15, 0.2) is 103 Å². The van der Waals surface area contributed by atoms with Crippen LogP contribution in [-0.4, -0.2) is 21.7 Å². The first kappa shape index (κ1) is 24.2. The molecule has 0 saturated carbocycles. The molecule has 5 aromatic rings. The molecule has 0 aliphatic heterocycles. The minimum Gasteiger partial charge on any atom is -0.444 e. The highest BCUT2D eigenvalue weighted by Crippen LogP contribution is 2.36. The van der Waals surface area contributed by atoms with Crippen LogP contribution >= 0.6 is 0 Å². The first-order valence-corrected chi connectivity index (χ1v) is 12.3. The number of pyridine rings is 2. The predicted octanol–water partition coefficient (Wildman–Crippen LogP) is 7.66. The first-order valence-electron chi connectivity index (χ1n) is 12.3. The Hall–Kier alpha value is -4.51. The molecule has 5 nitrogen and oxygen atoms in total. The van der Waals surface area contributed by atoms with E-state index in [4.69, 9.17) is 14.7 Å². The van der Waals surface area contributed by atoms with E-state index in [0.29, 0.717) is 6.54 Å². The van der Waals surface area contributed by atoms with Gasteiger partial charge in [-0.3, -0.25) is 4.98 Å². The number of hydrogen-bond acceptors (Lipinski definition) is 4. The quantitative estimate of drug-likeness (QED) is 0.276. The molecule has 0 unspecified atom stereocenters. The molecule has 5 heteroatoms. The van der Waals surface area contributed by atoms with E-state index in [-0.39, 0.29) is 0 Å². The molecule has 37 heavy (non-hydrogen) atoms. The molecule has 0 spiro atoms. The van der Waals surface area contributed by atoms with Crippen LogP contribution in [0.2, 0.25) is 0 Å². The molecule has 2 aromatic heterocycles. The highest BCUT2D eigenvalue weighted by molar-refractivity contribution is 5.98. The molecule has 0 bridgehead atoms. The number of carbonyl (C=O) groups is 1. The maximum atomic E-state index is 12.0. The molecule has 0 aliphatic rings. The Morgan fingerprint density at radius 2 is 1.41 bits per heavy atom. The van der Waals surface area contributed by atoms with Crippen molar-refractivity contribution < 1.29 is 9.53 Å². The van der Waals surface area contributed by atoms with Crippen LogP contribution in [0.1, 0.15) is 26.3 Å². The Labute approximate surface area is 217 Å². The van der Waals surface area contributed by atoms with Crippen molar-refractivity contribution in [2.45, 2.75) is 32.9 Å². The van der Waals surface area contributed by atoms with Crippen molar-refractivity contribution in [3.63, 3.8) is 0 Å². The number of nitrogens with zero attached hydrogens (tertiary/aromatic N) is 2. The zero-order chi connectivity index (χ0) is 25.8. The van der Waals surface area contributed by atoms with Gasteiger partial charge in [0.2, 0.25) is 0 Å². The Balaban J connectivity index is 1.53. The predicted molar refractivity (Wildman–Crippen MR) is 149 cm³/mol. The third-order valence-corrected chi connectivity index (χ3v) is 5.94. The number of fused-ring (bicyclic) bond motifs is 1. The van der Waals surface area contributed by atoms with Crippen molar-refractivity contribution >= 4 is 17.0 Å². The van der Waals surface area contributed by atoms with E-state index in [1.807, 2.05) is 93.7 Å². The number of ether oxygens (including phenoxy) is 1. The molecule has 0 fully saturated rings. The molecule has 5 rings (SSSR count). The lowest BCUT2D eigenvalue weighted by atomic mass is 9.95. The Morgan fingerprint density at radius 3 is 2.05 bits per heavy atom. The molecular weight excluding hydrogens is 458 g/mol. The zero-order valence-corrected chi connectivity index (χ0v) is 21.2. The Kier molecular flexibility index (Phi) is 6.69. The second-order valence-corrected chi connectivity index (χ2v) is 9.90. The Morgan fingerprint density at radius 1 is 0.784 bits per heavy atom. The van der Waals surface area contributed by atoms with Gasteiger partial charge in [-0.2, -0.15) is 0 Å². The highest BCUT2D eigenvalue weighted by Gasteiger charge is 2.17. The van der Waals surface area contributed by atoms with Crippen LogP contribution < -0.4 is 5.32 Å². The number of alkyl carbamates (subject to hydrolysis) is 1. The number of carbonyl (C=O) groups excluding carboxylic acids is 1. The third kappa shape index (κ3) is 5.67. The lowest BCUT2D eigenvalue weighted by Gasteiger charge is -2.19. The fraction of sp³-hybridized carbons (Fsp3) is 0.156. The largest absolute Gasteiger partial charge is 0.444 e. The SMILES string of the molecule is CC(C)(C)OC(=O)NCc1ccc(-c2nc3ccnc(-c4ccccc4)c3cc2-c2ccccc2)cc1.